The van der Waals surface area contributed by atoms with E-state index in [0.29, 0.717) is 12.8 Å². The molecule has 2 aromatic carbocycles. The fraction of sp³-hybridized carbons (Fsp3) is 0.333. The molecule has 11 heteroatoms. The highest BCUT2D eigenvalue weighted by molar-refractivity contribution is 7.11. The Kier molecular flexibility index (Phi) is 11.2. The molecular weight excluding hydrogens is 560 g/mol. The zero-order valence-corrected chi connectivity index (χ0v) is 24.6. The van der Waals surface area contributed by atoms with Gasteiger partial charge in [-0.15, -0.1) is 22.7 Å². The quantitative estimate of drug-likeness (QED) is 0.191. The lowest BCUT2D eigenvalue weighted by atomic mass is 9.94. The SMILES string of the molecule is Cc1ncc(COC(=O)NC(Cc2ccccc2)CC(O)C(Cc2ccccc2)NC(=O)OCc2cnc(C)s2)s1. The van der Waals surface area contributed by atoms with Gasteiger partial charge in [0.2, 0.25) is 0 Å². The molecule has 2 heterocycles. The Labute approximate surface area is 247 Å². The van der Waals surface area contributed by atoms with Gasteiger partial charge in [0.15, 0.2) is 0 Å². The van der Waals surface area contributed by atoms with E-state index in [1.165, 1.54) is 22.7 Å². The number of aromatic nitrogens is 2. The van der Waals surface area contributed by atoms with Crippen LogP contribution in [0.2, 0.25) is 0 Å². The minimum absolute atomic E-state index is 0.0921. The molecule has 216 valence electrons. The highest BCUT2D eigenvalue weighted by Crippen LogP contribution is 2.17. The molecule has 0 saturated heterocycles. The van der Waals surface area contributed by atoms with Gasteiger partial charge in [-0.25, -0.2) is 19.6 Å². The number of ether oxygens (including phenoxy) is 2. The Morgan fingerprint density at radius 3 is 1.76 bits per heavy atom. The van der Waals surface area contributed by atoms with Crippen LogP contribution < -0.4 is 10.6 Å². The lowest BCUT2D eigenvalue weighted by Crippen LogP contribution is -2.48. The number of aliphatic hydroxyl groups is 1. The first-order valence-corrected chi connectivity index (χ1v) is 14.9. The smallest absolute Gasteiger partial charge is 0.407 e. The molecule has 4 aromatic rings. The molecule has 4 rings (SSSR count). The van der Waals surface area contributed by atoms with Crippen molar-refractivity contribution in [3.8, 4) is 0 Å². The number of benzene rings is 2. The molecule has 3 unspecified atom stereocenters. The number of amides is 2. The van der Waals surface area contributed by atoms with Gasteiger partial charge in [0.25, 0.3) is 0 Å². The monoisotopic (exact) mass is 594 g/mol. The van der Waals surface area contributed by atoms with Crippen molar-refractivity contribution in [2.75, 3.05) is 0 Å². The van der Waals surface area contributed by atoms with Crippen LogP contribution >= 0.6 is 22.7 Å². The van der Waals surface area contributed by atoms with Gasteiger partial charge in [-0.2, -0.15) is 0 Å². The van der Waals surface area contributed by atoms with Gasteiger partial charge in [-0.05, 0) is 44.2 Å². The highest BCUT2D eigenvalue weighted by atomic mass is 32.1. The van der Waals surface area contributed by atoms with Crippen LogP contribution in [-0.2, 0) is 35.5 Å². The molecule has 0 aliphatic carbocycles. The molecule has 3 N–H and O–H groups in total. The third kappa shape index (κ3) is 10.3. The number of carbonyl (C=O) groups is 2. The van der Waals surface area contributed by atoms with E-state index in [1.54, 1.807) is 12.4 Å². The second-order valence-corrected chi connectivity index (χ2v) is 12.3. The third-order valence-corrected chi connectivity index (χ3v) is 8.04. The van der Waals surface area contributed by atoms with E-state index >= 15 is 0 Å². The Morgan fingerprint density at radius 2 is 1.27 bits per heavy atom. The van der Waals surface area contributed by atoms with Crippen LogP contribution in [0.1, 0.15) is 37.3 Å². The summed E-state index contributed by atoms with van der Waals surface area (Å²) in [5.74, 6) is 0. The second-order valence-electron chi connectivity index (χ2n) is 9.62. The maximum absolute atomic E-state index is 12.8. The van der Waals surface area contributed by atoms with E-state index in [4.69, 9.17) is 9.47 Å². The van der Waals surface area contributed by atoms with Crippen molar-refractivity contribution < 1.29 is 24.2 Å². The Balaban J connectivity index is 1.43. The number of aryl methyl sites for hydroxylation is 2. The van der Waals surface area contributed by atoms with Crippen LogP contribution in [0.3, 0.4) is 0 Å². The van der Waals surface area contributed by atoms with Gasteiger partial charge in [-0.1, -0.05) is 60.7 Å². The fourth-order valence-electron chi connectivity index (χ4n) is 4.32. The van der Waals surface area contributed by atoms with Gasteiger partial charge in [0.1, 0.15) is 13.2 Å². The van der Waals surface area contributed by atoms with Crippen molar-refractivity contribution in [2.24, 2.45) is 0 Å². The number of hydrogen-bond donors (Lipinski definition) is 3. The molecule has 0 spiro atoms. The van der Waals surface area contributed by atoms with Crippen molar-refractivity contribution in [1.82, 2.24) is 20.6 Å². The van der Waals surface area contributed by atoms with Crippen molar-refractivity contribution in [2.45, 2.75) is 64.5 Å². The first-order chi connectivity index (χ1) is 19.8. The average Bonchev–Trinajstić information content (AvgIpc) is 3.58. The summed E-state index contributed by atoms with van der Waals surface area (Å²) in [5, 5.41) is 18.9. The number of alkyl carbamates (subject to hydrolysis) is 2. The zero-order valence-electron chi connectivity index (χ0n) is 23.0. The van der Waals surface area contributed by atoms with E-state index in [-0.39, 0.29) is 19.6 Å². The summed E-state index contributed by atoms with van der Waals surface area (Å²) in [5.41, 5.74) is 1.94. The van der Waals surface area contributed by atoms with Gasteiger partial charge in [0.05, 0.1) is 31.9 Å². The van der Waals surface area contributed by atoms with Crippen LogP contribution in [0.15, 0.2) is 73.1 Å². The molecular formula is C30H34N4O5S2. The maximum atomic E-state index is 12.8. The molecule has 0 radical (unpaired) electrons. The molecule has 0 saturated carbocycles. The molecule has 0 aliphatic rings. The summed E-state index contributed by atoms with van der Waals surface area (Å²) in [6, 6.07) is 18.2. The first kappa shape index (κ1) is 30.2. The summed E-state index contributed by atoms with van der Waals surface area (Å²) in [4.78, 5) is 35.5. The number of nitrogens with one attached hydrogen (secondary N) is 2. The lowest BCUT2D eigenvalue weighted by Gasteiger charge is -2.28. The minimum Gasteiger partial charge on any atom is -0.444 e. The molecule has 2 amide bonds. The van der Waals surface area contributed by atoms with E-state index in [1.807, 2.05) is 74.5 Å². The van der Waals surface area contributed by atoms with Gasteiger partial charge >= 0.3 is 12.2 Å². The number of rotatable bonds is 13. The van der Waals surface area contributed by atoms with Crippen LogP contribution in [0, 0.1) is 13.8 Å². The topological polar surface area (TPSA) is 123 Å². The summed E-state index contributed by atoms with van der Waals surface area (Å²) >= 11 is 2.92. The minimum atomic E-state index is -0.994. The highest BCUT2D eigenvalue weighted by Gasteiger charge is 2.27. The maximum Gasteiger partial charge on any atom is 0.407 e. The molecule has 9 nitrogen and oxygen atoms in total. The van der Waals surface area contributed by atoms with Gasteiger partial charge < -0.3 is 25.2 Å². The number of nitrogens with zero attached hydrogens (tertiary/aromatic N) is 2. The van der Waals surface area contributed by atoms with Crippen molar-refractivity contribution in [1.29, 1.82) is 0 Å². The van der Waals surface area contributed by atoms with Crippen LogP contribution in [0.5, 0.6) is 0 Å². The number of hydrogen-bond acceptors (Lipinski definition) is 9. The molecule has 3 atom stereocenters. The predicted molar refractivity (Wildman–Crippen MR) is 159 cm³/mol. The average molecular weight is 595 g/mol. The lowest BCUT2D eigenvalue weighted by molar-refractivity contribution is 0.0864. The summed E-state index contributed by atoms with van der Waals surface area (Å²) in [6.45, 7) is 3.98. The van der Waals surface area contributed by atoms with Crippen molar-refractivity contribution in [3.05, 3.63) is 104 Å². The van der Waals surface area contributed by atoms with Crippen LogP contribution in [0.25, 0.3) is 0 Å². The summed E-state index contributed by atoms with van der Waals surface area (Å²) in [6.07, 6.45) is 2.18. The Morgan fingerprint density at radius 1 is 0.780 bits per heavy atom. The van der Waals surface area contributed by atoms with Gasteiger partial charge in [-0.3, -0.25) is 0 Å². The third-order valence-electron chi connectivity index (χ3n) is 6.27. The fourth-order valence-corrected chi connectivity index (χ4v) is 5.73. The zero-order chi connectivity index (χ0) is 29.0. The summed E-state index contributed by atoms with van der Waals surface area (Å²) < 4.78 is 10.8. The van der Waals surface area contributed by atoms with E-state index in [9.17, 15) is 14.7 Å². The van der Waals surface area contributed by atoms with Crippen LogP contribution in [0.4, 0.5) is 9.59 Å². The molecule has 0 bridgehead atoms. The van der Waals surface area contributed by atoms with Crippen molar-refractivity contribution in [3.63, 3.8) is 0 Å². The number of aliphatic hydroxyl groups excluding tert-OH is 1. The van der Waals surface area contributed by atoms with E-state index in [0.717, 1.165) is 30.9 Å². The molecule has 0 fully saturated rings. The van der Waals surface area contributed by atoms with Gasteiger partial charge in [0, 0.05) is 18.4 Å². The predicted octanol–water partition coefficient (Wildman–Crippen LogP) is 5.34. The molecule has 41 heavy (non-hydrogen) atoms. The Hall–Kier alpha value is -3.80. The standard InChI is InChI=1S/C30H34N4O5S2/c1-20-31-16-25(40-20)18-38-29(36)33-24(13-22-9-5-3-6-10-22)15-28(35)27(14-23-11-7-4-8-12-23)34-30(37)39-19-26-17-32-21(2)41-26/h3-12,16-17,24,27-28,35H,13-15,18-19H2,1-2H3,(H,33,36)(H,34,37). The number of carbonyl (C=O) groups excluding carboxylic acids is 2. The normalized spacial score (nSPS) is 13.1. The van der Waals surface area contributed by atoms with Crippen LogP contribution in [-0.4, -0.2) is 45.4 Å². The Bertz CT molecular complexity index is 1380. The summed E-state index contributed by atoms with van der Waals surface area (Å²) in [7, 11) is 0. The van der Waals surface area contributed by atoms with E-state index in [2.05, 4.69) is 20.6 Å². The van der Waals surface area contributed by atoms with Crippen molar-refractivity contribution >= 4 is 34.9 Å². The largest absolute Gasteiger partial charge is 0.444 e. The number of thiazole rings is 2. The first-order valence-electron chi connectivity index (χ1n) is 13.3. The van der Waals surface area contributed by atoms with E-state index < -0.39 is 30.4 Å². The molecule has 2 aromatic heterocycles. The second kappa shape index (κ2) is 15.3. The molecule has 0 aliphatic heterocycles.